The fraction of sp³-hybridized carbons (Fsp3) is 0. The van der Waals surface area contributed by atoms with E-state index in [0.29, 0.717) is 0 Å². The van der Waals surface area contributed by atoms with Crippen LogP contribution in [0.5, 0.6) is 0 Å². The van der Waals surface area contributed by atoms with E-state index in [2.05, 4.69) is 105 Å². The molecule has 0 radical (unpaired) electrons. The molecule has 9 rings (SSSR count). The molecule has 0 spiro atoms. The van der Waals surface area contributed by atoms with Gasteiger partial charge < -0.3 is 0 Å². The van der Waals surface area contributed by atoms with Crippen molar-refractivity contribution in [2.45, 2.75) is 0 Å². The molecule has 0 fully saturated rings. The minimum absolute atomic E-state index is 0.771. The topological polar surface area (TPSA) is 51.6 Å². The Morgan fingerprint density at radius 2 is 0.814 bits per heavy atom. The fourth-order valence-corrected chi connectivity index (χ4v) is 8.72. The summed E-state index contributed by atoms with van der Waals surface area (Å²) >= 11 is 5.33. The first-order valence-corrected chi connectivity index (χ1v) is 16.3. The van der Waals surface area contributed by atoms with E-state index in [9.17, 15) is 0 Å². The van der Waals surface area contributed by atoms with Crippen LogP contribution in [0.15, 0.2) is 122 Å². The highest BCUT2D eigenvalue weighted by molar-refractivity contribution is 7.26. The summed E-state index contributed by atoms with van der Waals surface area (Å²) in [6.45, 7) is 0. The largest absolute Gasteiger partial charge is 0.236 e. The zero-order valence-corrected chi connectivity index (χ0v) is 25.0. The van der Waals surface area contributed by atoms with Crippen molar-refractivity contribution in [3.05, 3.63) is 122 Å². The minimum Gasteiger partial charge on any atom is -0.236 e. The Hall–Kier alpha value is -4.82. The molecule has 0 aliphatic heterocycles. The normalized spacial score (nSPS) is 11.7. The van der Waals surface area contributed by atoms with Gasteiger partial charge in [0, 0.05) is 54.7 Å². The first-order chi connectivity index (χ1) is 21.2. The van der Waals surface area contributed by atoms with Crippen molar-refractivity contribution in [2.75, 3.05) is 0 Å². The number of hydrogen-bond donors (Lipinski definition) is 0. The van der Waals surface area contributed by atoms with Crippen molar-refractivity contribution >= 4 is 75.7 Å². The monoisotopic (exact) mass is 604 g/mol. The van der Waals surface area contributed by atoms with Gasteiger partial charge in [0.15, 0.2) is 11.6 Å². The molecule has 7 heteroatoms. The van der Waals surface area contributed by atoms with Gasteiger partial charge in [-0.15, -0.1) is 34.0 Å². The van der Waals surface area contributed by atoms with Gasteiger partial charge in [-0.3, -0.25) is 0 Å². The third kappa shape index (κ3) is 4.32. The van der Waals surface area contributed by atoms with E-state index in [1.807, 2.05) is 23.5 Å². The van der Waals surface area contributed by atoms with Crippen LogP contribution in [0.2, 0.25) is 0 Å². The second-order valence-electron chi connectivity index (χ2n) is 10.4. The first kappa shape index (κ1) is 24.7. The van der Waals surface area contributed by atoms with Gasteiger partial charge in [0.1, 0.15) is 0 Å². The van der Waals surface area contributed by atoms with Crippen molar-refractivity contribution in [1.82, 2.24) is 19.9 Å². The van der Waals surface area contributed by atoms with Gasteiger partial charge in [0.25, 0.3) is 0 Å². The van der Waals surface area contributed by atoms with Crippen LogP contribution < -0.4 is 0 Å². The summed E-state index contributed by atoms with van der Waals surface area (Å²) in [7, 11) is 0. The van der Waals surface area contributed by atoms with E-state index in [0.717, 1.165) is 21.4 Å². The van der Waals surface area contributed by atoms with E-state index in [-0.39, 0.29) is 0 Å². The van der Waals surface area contributed by atoms with Crippen LogP contribution in [0.3, 0.4) is 0 Å². The van der Waals surface area contributed by atoms with E-state index >= 15 is 0 Å². The third-order valence-electron chi connectivity index (χ3n) is 7.74. The maximum atomic E-state index is 4.41. The van der Waals surface area contributed by atoms with Crippen molar-refractivity contribution in [3.8, 4) is 42.3 Å². The Labute approximate surface area is 258 Å². The average Bonchev–Trinajstić information content (AvgIpc) is 3.82. The number of aromatic nitrogens is 4. The molecule has 0 saturated carbocycles. The van der Waals surface area contributed by atoms with Crippen molar-refractivity contribution < 1.29 is 0 Å². The number of thiophene rings is 3. The Bertz CT molecular complexity index is 2290. The van der Waals surface area contributed by atoms with Crippen molar-refractivity contribution in [3.63, 3.8) is 0 Å². The van der Waals surface area contributed by atoms with Crippen LogP contribution in [0, 0.1) is 0 Å². The number of nitrogens with zero attached hydrogens (tertiary/aromatic N) is 4. The molecule has 0 aliphatic rings. The standard InChI is InChI=1S/C36H20N4S3/c1-11-37-35(38-12-1)31-9-7-29(41-31)23-5-3-21-17-27-28-18-22-4-6-24(30-8-10-32(42-30)36-39-13-2-14-40-36)16-26(22)20-34(28)43-33(27)19-25(21)15-23/h1-20H. The van der Waals surface area contributed by atoms with Crippen LogP contribution in [-0.2, 0) is 0 Å². The van der Waals surface area contributed by atoms with Gasteiger partial charge in [0.05, 0.1) is 9.75 Å². The quantitative estimate of drug-likeness (QED) is 0.201. The van der Waals surface area contributed by atoms with E-state index in [1.54, 1.807) is 47.5 Å². The van der Waals surface area contributed by atoms with E-state index in [4.69, 9.17) is 0 Å². The lowest BCUT2D eigenvalue weighted by Gasteiger charge is -2.04. The number of fused-ring (bicyclic) bond motifs is 5. The first-order valence-electron chi connectivity index (χ1n) is 13.8. The highest BCUT2D eigenvalue weighted by Crippen LogP contribution is 2.41. The molecule has 5 heterocycles. The van der Waals surface area contributed by atoms with Crippen LogP contribution in [0.1, 0.15) is 0 Å². The molecule has 0 aliphatic carbocycles. The smallest absolute Gasteiger partial charge is 0.169 e. The Morgan fingerprint density at radius 1 is 0.372 bits per heavy atom. The molecular weight excluding hydrogens is 585 g/mol. The van der Waals surface area contributed by atoms with Crippen LogP contribution in [0.25, 0.3) is 84.0 Å². The Balaban J connectivity index is 1.10. The fourth-order valence-electron chi connectivity index (χ4n) is 5.65. The van der Waals surface area contributed by atoms with Gasteiger partial charge in [-0.25, -0.2) is 19.9 Å². The van der Waals surface area contributed by atoms with Crippen molar-refractivity contribution in [2.24, 2.45) is 0 Å². The molecule has 4 aromatic carbocycles. The van der Waals surface area contributed by atoms with E-state index < -0.39 is 0 Å². The second-order valence-corrected chi connectivity index (χ2v) is 13.6. The summed E-state index contributed by atoms with van der Waals surface area (Å²) in [5.41, 5.74) is 2.43. The molecule has 9 aromatic rings. The third-order valence-corrected chi connectivity index (χ3v) is 11.1. The zero-order valence-electron chi connectivity index (χ0n) is 22.6. The summed E-state index contributed by atoms with van der Waals surface area (Å²) in [4.78, 5) is 22.2. The SMILES string of the molecule is c1cnc(-c2ccc(-c3ccc4cc5c(cc4c3)sc3cc4cc(-c6ccc(-c7ncccn7)s6)ccc4cc35)s2)nc1. The molecule has 4 nitrogen and oxygen atoms in total. The molecule has 0 saturated heterocycles. The molecular formula is C36H20N4S3. The predicted octanol–water partition coefficient (Wildman–Crippen LogP) is 10.7. The summed E-state index contributed by atoms with van der Waals surface area (Å²) < 4.78 is 2.62. The van der Waals surface area contributed by atoms with Crippen LogP contribution >= 0.6 is 34.0 Å². The van der Waals surface area contributed by atoms with E-state index in [1.165, 1.54) is 62.6 Å². The van der Waals surface area contributed by atoms with Gasteiger partial charge in [-0.05, 0) is 105 Å². The second kappa shape index (κ2) is 9.88. The highest BCUT2D eigenvalue weighted by atomic mass is 32.1. The molecule has 0 amide bonds. The Kier molecular flexibility index (Phi) is 5.69. The number of benzene rings is 4. The lowest BCUT2D eigenvalue weighted by Crippen LogP contribution is -1.82. The average molecular weight is 605 g/mol. The van der Waals surface area contributed by atoms with Gasteiger partial charge in [-0.1, -0.05) is 24.3 Å². The summed E-state index contributed by atoms with van der Waals surface area (Å²) in [6.07, 6.45) is 7.16. The molecule has 0 bridgehead atoms. The number of hydrogen-bond acceptors (Lipinski definition) is 7. The van der Waals surface area contributed by atoms with Crippen LogP contribution in [-0.4, -0.2) is 19.9 Å². The lowest BCUT2D eigenvalue weighted by molar-refractivity contribution is 1.19. The molecule has 0 atom stereocenters. The molecule has 43 heavy (non-hydrogen) atoms. The summed E-state index contributed by atoms with van der Waals surface area (Å²) in [6, 6.07) is 35.2. The van der Waals surface area contributed by atoms with Gasteiger partial charge in [-0.2, -0.15) is 0 Å². The summed E-state index contributed by atoms with van der Waals surface area (Å²) in [5, 5.41) is 7.65. The number of rotatable bonds is 4. The molecule has 0 unspecified atom stereocenters. The lowest BCUT2D eigenvalue weighted by atomic mass is 10.0. The summed E-state index contributed by atoms with van der Waals surface area (Å²) in [5.74, 6) is 1.54. The Morgan fingerprint density at radius 3 is 1.28 bits per heavy atom. The predicted molar refractivity (Wildman–Crippen MR) is 183 cm³/mol. The van der Waals surface area contributed by atoms with Gasteiger partial charge >= 0.3 is 0 Å². The van der Waals surface area contributed by atoms with Crippen LogP contribution in [0.4, 0.5) is 0 Å². The maximum Gasteiger partial charge on any atom is 0.169 e. The maximum absolute atomic E-state index is 4.41. The molecule has 0 N–H and O–H groups in total. The van der Waals surface area contributed by atoms with Crippen molar-refractivity contribution in [1.29, 1.82) is 0 Å². The highest BCUT2D eigenvalue weighted by Gasteiger charge is 2.13. The minimum atomic E-state index is 0.771. The zero-order chi connectivity index (χ0) is 28.3. The van der Waals surface area contributed by atoms with Gasteiger partial charge in [0.2, 0.25) is 0 Å². The molecule has 202 valence electrons. The molecule has 5 aromatic heterocycles.